The molecule has 2 aromatic rings. The van der Waals surface area contributed by atoms with Gasteiger partial charge in [0, 0.05) is 17.9 Å². The lowest BCUT2D eigenvalue weighted by Crippen LogP contribution is -2.42. The molecule has 1 unspecified atom stereocenters. The Kier molecular flexibility index (Phi) is 3.87. The number of ether oxygens (including phenoxy) is 1. The summed E-state index contributed by atoms with van der Waals surface area (Å²) in [5.41, 5.74) is 9.91. The van der Waals surface area contributed by atoms with Gasteiger partial charge in [0.25, 0.3) is 0 Å². The highest BCUT2D eigenvalue weighted by molar-refractivity contribution is 6.31. The maximum Gasteiger partial charge on any atom is 0.119 e. The van der Waals surface area contributed by atoms with E-state index in [1.54, 1.807) is 19.5 Å². The zero-order valence-corrected chi connectivity index (χ0v) is 12.9. The topological polar surface area (TPSA) is 48.1 Å². The molecule has 1 aromatic heterocycles. The van der Waals surface area contributed by atoms with Gasteiger partial charge in [-0.2, -0.15) is 0 Å². The molecule has 1 aliphatic rings. The number of pyridine rings is 1. The Morgan fingerprint density at radius 2 is 2.24 bits per heavy atom. The monoisotopic (exact) mass is 302 g/mol. The van der Waals surface area contributed by atoms with Crippen LogP contribution in [0.5, 0.6) is 5.75 Å². The normalized spacial score (nSPS) is 20.9. The second kappa shape index (κ2) is 5.66. The van der Waals surface area contributed by atoms with Gasteiger partial charge >= 0.3 is 0 Å². The van der Waals surface area contributed by atoms with Gasteiger partial charge in [-0.1, -0.05) is 17.7 Å². The van der Waals surface area contributed by atoms with Crippen molar-refractivity contribution in [1.82, 2.24) is 4.98 Å². The predicted molar refractivity (Wildman–Crippen MR) is 84.7 cm³/mol. The quantitative estimate of drug-likeness (QED) is 0.944. The smallest absolute Gasteiger partial charge is 0.119 e. The lowest BCUT2D eigenvalue weighted by Gasteiger charge is -2.36. The third-order valence-electron chi connectivity index (χ3n) is 4.28. The molecule has 0 radical (unpaired) electrons. The van der Waals surface area contributed by atoms with E-state index in [1.165, 1.54) is 11.1 Å². The van der Waals surface area contributed by atoms with Crippen LogP contribution in [0.25, 0.3) is 0 Å². The Bertz CT molecular complexity index is 659. The van der Waals surface area contributed by atoms with Gasteiger partial charge in [-0.3, -0.25) is 4.98 Å². The number of aryl methyl sites for hydroxylation is 1. The molecule has 1 aromatic carbocycles. The van der Waals surface area contributed by atoms with Crippen molar-refractivity contribution in [1.29, 1.82) is 0 Å². The van der Waals surface area contributed by atoms with Gasteiger partial charge in [-0.05, 0) is 60.6 Å². The average molecular weight is 303 g/mol. The first kappa shape index (κ1) is 14.4. The first-order valence-corrected chi connectivity index (χ1v) is 7.55. The van der Waals surface area contributed by atoms with Gasteiger partial charge in [-0.25, -0.2) is 0 Å². The number of benzene rings is 1. The van der Waals surface area contributed by atoms with Crippen LogP contribution in [-0.4, -0.2) is 12.1 Å². The van der Waals surface area contributed by atoms with Crippen LogP contribution in [0.2, 0.25) is 5.02 Å². The molecule has 3 nitrogen and oxygen atoms in total. The van der Waals surface area contributed by atoms with Crippen LogP contribution in [-0.2, 0) is 18.4 Å². The van der Waals surface area contributed by atoms with E-state index in [1.807, 2.05) is 12.1 Å². The van der Waals surface area contributed by atoms with Crippen molar-refractivity contribution in [2.45, 2.75) is 31.2 Å². The van der Waals surface area contributed by atoms with E-state index < -0.39 is 5.54 Å². The van der Waals surface area contributed by atoms with Gasteiger partial charge in [-0.15, -0.1) is 0 Å². The standard InChI is InChI=1S/C17H19ClN2O/c1-21-14-5-4-12-3-2-7-17(19,15(12)9-14)10-13-6-8-20-11-16(13)18/h4-6,8-9,11H,2-3,7,10,19H2,1H3. The van der Waals surface area contributed by atoms with Gasteiger partial charge in [0.05, 0.1) is 12.1 Å². The summed E-state index contributed by atoms with van der Waals surface area (Å²) >= 11 is 6.25. The SMILES string of the molecule is COc1ccc2c(c1)C(N)(Cc1ccncc1Cl)CCC2. The summed E-state index contributed by atoms with van der Waals surface area (Å²) in [6, 6.07) is 8.15. The number of hydrogen-bond acceptors (Lipinski definition) is 3. The molecule has 110 valence electrons. The highest BCUT2D eigenvalue weighted by Gasteiger charge is 2.33. The fourth-order valence-electron chi connectivity index (χ4n) is 3.16. The molecule has 1 atom stereocenters. The van der Waals surface area contributed by atoms with Gasteiger partial charge in [0.2, 0.25) is 0 Å². The lowest BCUT2D eigenvalue weighted by molar-refractivity contribution is 0.363. The molecule has 4 heteroatoms. The fourth-order valence-corrected chi connectivity index (χ4v) is 3.35. The van der Waals surface area contributed by atoms with Crippen LogP contribution in [0.3, 0.4) is 0 Å². The number of nitrogens with two attached hydrogens (primary N) is 1. The van der Waals surface area contributed by atoms with Crippen molar-refractivity contribution < 1.29 is 4.74 Å². The van der Waals surface area contributed by atoms with Gasteiger partial charge < -0.3 is 10.5 Å². The van der Waals surface area contributed by atoms with E-state index in [9.17, 15) is 0 Å². The zero-order valence-electron chi connectivity index (χ0n) is 12.1. The van der Waals surface area contributed by atoms with E-state index in [-0.39, 0.29) is 0 Å². The summed E-state index contributed by atoms with van der Waals surface area (Å²) in [7, 11) is 1.68. The Labute approximate surface area is 130 Å². The molecular formula is C17H19ClN2O. The molecule has 3 rings (SSSR count). The van der Waals surface area contributed by atoms with Crippen molar-refractivity contribution >= 4 is 11.6 Å². The number of aromatic nitrogens is 1. The van der Waals surface area contributed by atoms with Crippen LogP contribution < -0.4 is 10.5 Å². The largest absolute Gasteiger partial charge is 0.497 e. The average Bonchev–Trinajstić information content (AvgIpc) is 2.50. The molecule has 1 heterocycles. The Morgan fingerprint density at radius 1 is 1.38 bits per heavy atom. The second-order valence-corrected chi connectivity index (χ2v) is 6.08. The van der Waals surface area contributed by atoms with Crippen molar-refractivity contribution in [2.24, 2.45) is 5.73 Å². The number of nitrogens with zero attached hydrogens (tertiary/aromatic N) is 1. The molecule has 0 saturated heterocycles. The molecule has 21 heavy (non-hydrogen) atoms. The van der Waals surface area contributed by atoms with E-state index >= 15 is 0 Å². The minimum absolute atomic E-state index is 0.396. The zero-order chi connectivity index (χ0) is 14.9. The highest BCUT2D eigenvalue weighted by Crippen LogP contribution is 2.38. The maximum atomic E-state index is 6.76. The summed E-state index contributed by atoms with van der Waals surface area (Å²) in [5.74, 6) is 0.853. The van der Waals surface area contributed by atoms with Crippen molar-refractivity contribution in [3.63, 3.8) is 0 Å². The summed E-state index contributed by atoms with van der Waals surface area (Å²) < 4.78 is 5.36. The third kappa shape index (κ3) is 2.76. The van der Waals surface area contributed by atoms with Crippen LogP contribution in [0.4, 0.5) is 0 Å². The molecule has 0 aliphatic heterocycles. The molecule has 0 fully saturated rings. The molecular weight excluding hydrogens is 284 g/mol. The van der Waals surface area contributed by atoms with E-state index in [0.717, 1.165) is 30.6 Å². The van der Waals surface area contributed by atoms with Crippen LogP contribution in [0.1, 0.15) is 29.5 Å². The number of halogens is 1. The maximum absolute atomic E-state index is 6.76. The number of hydrogen-bond donors (Lipinski definition) is 1. The van der Waals surface area contributed by atoms with Crippen molar-refractivity contribution in [3.05, 3.63) is 58.4 Å². The van der Waals surface area contributed by atoms with Crippen molar-refractivity contribution in [2.75, 3.05) is 7.11 Å². The van der Waals surface area contributed by atoms with Crippen LogP contribution >= 0.6 is 11.6 Å². The Balaban J connectivity index is 2.01. The summed E-state index contributed by atoms with van der Waals surface area (Å²) in [5, 5.41) is 0.678. The summed E-state index contributed by atoms with van der Waals surface area (Å²) in [6.45, 7) is 0. The molecule has 2 N–H and O–H groups in total. The Morgan fingerprint density at radius 3 is 3.00 bits per heavy atom. The summed E-state index contributed by atoms with van der Waals surface area (Å²) in [4.78, 5) is 4.04. The first-order chi connectivity index (χ1) is 10.1. The minimum atomic E-state index is -0.396. The Hall–Kier alpha value is -1.58. The summed E-state index contributed by atoms with van der Waals surface area (Å²) in [6.07, 6.45) is 7.27. The van der Waals surface area contributed by atoms with E-state index in [0.29, 0.717) is 11.4 Å². The lowest BCUT2D eigenvalue weighted by atomic mass is 9.74. The van der Waals surface area contributed by atoms with Gasteiger partial charge in [0.1, 0.15) is 5.75 Å². The molecule has 0 amide bonds. The first-order valence-electron chi connectivity index (χ1n) is 7.17. The van der Waals surface area contributed by atoms with Crippen LogP contribution in [0, 0.1) is 0 Å². The second-order valence-electron chi connectivity index (χ2n) is 5.68. The number of rotatable bonds is 3. The highest BCUT2D eigenvalue weighted by atomic mass is 35.5. The van der Waals surface area contributed by atoms with E-state index in [4.69, 9.17) is 22.1 Å². The minimum Gasteiger partial charge on any atom is -0.497 e. The number of fused-ring (bicyclic) bond motifs is 1. The predicted octanol–water partition coefficient (Wildman–Crippen LogP) is 3.48. The fraction of sp³-hybridized carbons (Fsp3) is 0.353. The molecule has 0 bridgehead atoms. The van der Waals surface area contributed by atoms with Gasteiger partial charge in [0.15, 0.2) is 0 Å². The molecule has 0 spiro atoms. The number of methoxy groups -OCH3 is 1. The van der Waals surface area contributed by atoms with E-state index in [2.05, 4.69) is 17.1 Å². The van der Waals surface area contributed by atoms with Crippen molar-refractivity contribution in [3.8, 4) is 5.75 Å². The molecule has 1 aliphatic carbocycles. The third-order valence-corrected chi connectivity index (χ3v) is 4.63. The molecule has 0 saturated carbocycles. The van der Waals surface area contributed by atoms with Crippen LogP contribution in [0.15, 0.2) is 36.7 Å².